The summed E-state index contributed by atoms with van der Waals surface area (Å²) >= 11 is -2.09. The molecule has 1 aromatic carbocycles. The van der Waals surface area contributed by atoms with Gasteiger partial charge in [0.1, 0.15) is 0 Å². The number of nitrogens with one attached hydrogen (secondary N) is 2. The number of halogens is 3. The van der Waals surface area contributed by atoms with Crippen LogP contribution >= 0.6 is 37.2 Å². The first-order valence-electron chi connectivity index (χ1n) is 8.43. The van der Waals surface area contributed by atoms with E-state index in [1.165, 1.54) is 32.4 Å². The van der Waals surface area contributed by atoms with Crippen molar-refractivity contribution in [3.8, 4) is 0 Å². The van der Waals surface area contributed by atoms with Gasteiger partial charge in [-0.25, -0.2) is 0 Å². The molecule has 0 spiro atoms. The molecule has 0 aliphatic carbocycles. The van der Waals surface area contributed by atoms with E-state index in [0.717, 1.165) is 26.2 Å². The molecule has 142 valence electrons. The number of hydrogen-bond donors (Lipinski definition) is 2. The molecule has 0 amide bonds. The van der Waals surface area contributed by atoms with Crippen LogP contribution < -0.4 is 14.5 Å². The maximum atomic E-state index is 3.57. The minimum atomic E-state index is -2.09. The van der Waals surface area contributed by atoms with Crippen molar-refractivity contribution in [1.82, 2.24) is 14.0 Å². The van der Waals surface area contributed by atoms with Crippen LogP contribution in [0.2, 0.25) is 10.5 Å². The average Bonchev–Trinajstić information content (AvgIpc) is 2.48. The van der Waals surface area contributed by atoms with Gasteiger partial charge in [0.2, 0.25) is 0 Å². The van der Waals surface area contributed by atoms with E-state index in [0.29, 0.717) is 0 Å². The van der Waals surface area contributed by atoms with Gasteiger partial charge in [0, 0.05) is 0 Å². The van der Waals surface area contributed by atoms with Crippen molar-refractivity contribution in [3.63, 3.8) is 0 Å². The zero-order valence-electron chi connectivity index (χ0n) is 14.9. The number of rotatable bonds is 2. The Morgan fingerprint density at radius 2 is 1.21 bits per heavy atom. The van der Waals surface area contributed by atoms with Crippen molar-refractivity contribution in [2.24, 2.45) is 0 Å². The zero-order chi connectivity index (χ0) is 15.0. The van der Waals surface area contributed by atoms with Gasteiger partial charge in [-0.05, 0) is 0 Å². The molecule has 7 heteroatoms. The van der Waals surface area contributed by atoms with Crippen molar-refractivity contribution < 1.29 is 16.8 Å². The molecular formula is C17H34Cl3N3Ti. The van der Waals surface area contributed by atoms with Crippen molar-refractivity contribution in [2.75, 3.05) is 39.3 Å². The number of hydrogen-bond acceptors (Lipinski definition) is 3. The number of benzene rings is 1. The molecule has 1 aliphatic rings. The molecule has 2 rings (SSSR count). The van der Waals surface area contributed by atoms with E-state index < -0.39 is 16.8 Å². The van der Waals surface area contributed by atoms with Crippen LogP contribution in [0, 0.1) is 0 Å². The fraction of sp³-hybridized carbons (Fsp3) is 0.647. The normalized spacial score (nSPS) is 17.9. The molecule has 1 aromatic rings. The van der Waals surface area contributed by atoms with Crippen molar-refractivity contribution in [1.29, 1.82) is 0 Å². The van der Waals surface area contributed by atoms with Crippen molar-refractivity contribution in [2.45, 2.75) is 29.7 Å². The fourth-order valence-corrected chi connectivity index (χ4v) is 7.46. The summed E-state index contributed by atoms with van der Waals surface area (Å²) in [6, 6.07) is 11.2. The Hall–Kier alpha value is 0.684. The van der Waals surface area contributed by atoms with Crippen LogP contribution in [0.4, 0.5) is 0 Å². The van der Waals surface area contributed by atoms with E-state index in [4.69, 9.17) is 0 Å². The molecule has 1 fully saturated rings. The molecule has 0 aromatic heterocycles. The molecule has 24 heavy (non-hydrogen) atoms. The van der Waals surface area contributed by atoms with Gasteiger partial charge in [0.05, 0.1) is 0 Å². The van der Waals surface area contributed by atoms with Crippen LogP contribution in [0.25, 0.3) is 0 Å². The van der Waals surface area contributed by atoms with E-state index in [1.54, 1.807) is 3.87 Å². The van der Waals surface area contributed by atoms with E-state index in [9.17, 15) is 0 Å². The van der Waals surface area contributed by atoms with E-state index in [1.807, 2.05) is 0 Å². The summed E-state index contributed by atoms with van der Waals surface area (Å²) in [5.41, 5.74) is 0. The topological polar surface area (TPSA) is 27.3 Å². The van der Waals surface area contributed by atoms with Gasteiger partial charge in [0.25, 0.3) is 0 Å². The van der Waals surface area contributed by atoms with Crippen LogP contribution in [-0.2, 0) is 16.8 Å². The third-order valence-corrected chi connectivity index (χ3v) is 10.4. The average molecular weight is 435 g/mol. The molecule has 2 N–H and O–H groups in total. The van der Waals surface area contributed by atoms with Crippen LogP contribution in [0.1, 0.15) is 19.3 Å². The molecule has 1 aliphatic heterocycles. The monoisotopic (exact) mass is 433 g/mol. The number of nitrogens with zero attached hydrogens (tertiary/aromatic N) is 1. The quantitative estimate of drug-likeness (QED) is 0.699. The summed E-state index contributed by atoms with van der Waals surface area (Å²) in [5, 5.41) is 12.2. The molecule has 0 saturated carbocycles. The Morgan fingerprint density at radius 1 is 0.750 bits per heavy atom. The molecule has 0 bridgehead atoms. The van der Waals surface area contributed by atoms with Gasteiger partial charge in [0.15, 0.2) is 0 Å². The van der Waals surface area contributed by atoms with Gasteiger partial charge in [-0.3, -0.25) is 0 Å². The fourth-order valence-electron chi connectivity index (χ4n) is 3.08. The summed E-state index contributed by atoms with van der Waals surface area (Å²) in [6.07, 6.45) is 3.79. The van der Waals surface area contributed by atoms with Crippen LogP contribution in [0.5, 0.6) is 0 Å². The molecule has 0 radical (unpaired) electrons. The van der Waals surface area contributed by atoms with Crippen LogP contribution in [0.15, 0.2) is 30.3 Å². The Morgan fingerprint density at radius 3 is 1.71 bits per heavy atom. The first-order chi connectivity index (χ1) is 10.2. The van der Waals surface area contributed by atoms with Crippen molar-refractivity contribution >= 4 is 41.1 Å². The second kappa shape index (κ2) is 14.8. The van der Waals surface area contributed by atoms with E-state index in [2.05, 4.69) is 54.8 Å². The van der Waals surface area contributed by atoms with Gasteiger partial charge >= 0.3 is 134 Å². The predicted octanol–water partition coefficient (Wildman–Crippen LogP) is 3.41. The predicted molar refractivity (Wildman–Crippen MR) is 111 cm³/mol. The summed E-state index contributed by atoms with van der Waals surface area (Å²) in [6.45, 7) is 7.10. The summed E-state index contributed by atoms with van der Waals surface area (Å²) in [5.74, 6) is 0. The minimum absolute atomic E-state index is 0. The Balaban J connectivity index is 0. The van der Waals surface area contributed by atoms with Gasteiger partial charge < -0.3 is 0 Å². The first-order valence-corrected chi connectivity index (χ1v) is 13.0. The first kappa shape index (κ1) is 26.9. The molecule has 0 unspecified atom stereocenters. The standard InChI is InChI=1S/C9H20N3.C6H5.2CH3.3ClH.Ti/c1-4-10-6-2-8-12-9-3-7-11-5-1;1-2-4-6-5-3-1;;;;;;/h10-11H,1-9H2;1-5H;2*1H3;3*1H;/q-1;;;;;;;+1. The van der Waals surface area contributed by atoms with Crippen molar-refractivity contribution in [3.05, 3.63) is 30.3 Å². The summed E-state index contributed by atoms with van der Waals surface area (Å²) < 4.78 is 4.44. The maximum absolute atomic E-state index is 3.57. The SMILES string of the molecule is Cl.Cl.Cl.[CH3][Ti]([CH3])([c]1ccccc1)[N]1CCCNCCCNCCC1. The Bertz CT molecular complexity index is 395. The zero-order valence-corrected chi connectivity index (χ0v) is 18.9. The van der Waals surface area contributed by atoms with E-state index >= 15 is 0 Å². The van der Waals surface area contributed by atoms with Gasteiger partial charge in [-0.15, -0.1) is 37.2 Å². The van der Waals surface area contributed by atoms with E-state index in [-0.39, 0.29) is 37.2 Å². The third kappa shape index (κ3) is 8.87. The van der Waals surface area contributed by atoms with Gasteiger partial charge in [-0.1, -0.05) is 0 Å². The molecular weight excluding hydrogens is 400 g/mol. The Labute approximate surface area is 170 Å². The van der Waals surface area contributed by atoms with Crippen LogP contribution in [-0.4, -0.2) is 42.7 Å². The van der Waals surface area contributed by atoms with Crippen LogP contribution in [0.3, 0.4) is 0 Å². The molecule has 0 atom stereocenters. The molecule has 1 saturated heterocycles. The second-order valence-electron chi connectivity index (χ2n) is 6.47. The third-order valence-electron chi connectivity index (χ3n) is 4.54. The molecule has 3 nitrogen and oxygen atoms in total. The Kier molecular flexibility index (Phi) is 16.6. The summed E-state index contributed by atoms with van der Waals surface area (Å²) in [4.78, 5) is 0. The second-order valence-corrected chi connectivity index (χ2v) is 13.2. The molecule has 1 heterocycles. The van der Waals surface area contributed by atoms with Gasteiger partial charge in [-0.2, -0.15) is 0 Å². The summed E-state index contributed by atoms with van der Waals surface area (Å²) in [7, 11) is 0.